The fourth-order valence-corrected chi connectivity index (χ4v) is 0.856. The summed E-state index contributed by atoms with van der Waals surface area (Å²) in [6, 6.07) is 3.50. The number of halogens is 4. The molecule has 8 heteroatoms. The molecule has 0 aromatic heterocycles. The molecule has 0 N–H and O–H groups in total. The van der Waals surface area contributed by atoms with Gasteiger partial charge in [0.15, 0.2) is 0 Å². The third-order valence-corrected chi connectivity index (χ3v) is 1.33. The van der Waals surface area contributed by atoms with Gasteiger partial charge in [-0.05, 0) is 25.7 Å². The molecular formula is C12H18BF4N2Rh+. The molecule has 0 aromatic carbocycles. The van der Waals surface area contributed by atoms with Gasteiger partial charge in [-0.1, -0.05) is 24.3 Å². The molecular weight excluding hydrogens is 362 g/mol. The van der Waals surface area contributed by atoms with Crippen LogP contribution in [-0.4, -0.2) is 7.25 Å². The summed E-state index contributed by atoms with van der Waals surface area (Å²) in [5, 5.41) is 14.6. The molecule has 1 rings (SSSR count). The number of hydrogen-bond acceptors (Lipinski definition) is 2. The summed E-state index contributed by atoms with van der Waals surface area (Å²) in [4.78, 5) is 0. The summed E-state index contributed by atoms with van der Waals surface area (Å²) in [5.74, 6) is 0. The zero-order valence-corrected chi connectivity index (χ0v) is 13.1. The Balaban J connectivity index is -0.0000000935. The third kappa shape index (κ3) is 90.0. The van der Waals surface area contributed by atoms with Gasteiger partial charge in [0.2, 0.25) is 0 Å². The average molecular weight is 380 g/mol. The Labute approximate surface area is 131 Å². The van der Waals surface area contributed by atoms with Crippen molar-refractivity contribution >= 4 is 7.25 Å². The van der Waals surface area contributed by atoms with E-state index in [-0.39, 0.29) is 19.5 Å². The van der Waals surface area contributed by atoms with Crippen molar-refractivity contribution in [1.29, 1.82) is 10.5 Å². The van der Waals surface area contributed by atoms with E-state index in [0.29, 0.717) is 0 Å². The molecule has 1 aliphatic carbocycles. The van der Waals surface area contributed by atoms with E-state index < -0.39 is 7.25 Å². The maximum atomic E-state index is 9.75. The van der Waals surface area contributed by atoms with E-state index in [1.165, 1.54) is 39.5 Å². The van der Waals surface area contributed by atoms with Crippen molar-refractivity contribution in [2.45, 2.75) is 39.5 Å². The second-order valence-electron chi connectivity index (χ2n) is 3.04. The van der Waals surface area contributed by atoms with Crippen molar-refractivity contribution in [3.05, 3.63) is 24.3 Å². The van der Waals surface area contributed by atoms with Gasteiger partial charge >= 0.3 is 26.7 Å². The Morgan fingerprint density at radius 3 is 0.950 bits per heavy atom. The molecule has 1 radical (unpaired) electrons. The van der Waals surface area contributed by atoms with Crippen LogP contribution in [0.1, 0.15) is 39.5 Å². The van der Waals surface area contributed by atoms with E-state index in [1.807, 2.05) is 0 Å². The summed E-state index contributed by atoms with van der Waals surface area (Å²) in [7, 11) is -6.00. The normalized spacial score (nSPS) is 15.0. The molecule has 115 valence electrons. The van der Waals surface area contributed by atoms with Crippen molar-refractivity contribution in [1.82, 2.24) is 0 Å². The molecule has 0 aromatic rings. The molecule has 0 heterocycles. The summed E-state index contributed by atoms with van der Waals surface area (Å²) in [5.41, 5.74) is 0. The molecule has 0 aliphatic heterocycles. The quantitative estimate of drug-likeness (QED) is 0.336. The van der Waals surface area contributed by atoms with E-state index in [1.54, 1.807) is 12.1 Å². The Hall–Kier alpha value is -1.13. The molecule has 0 unspecified atom stereocenters. The number of rotatable bonds is 0. The summed E-state index contributed by atoms with van der Waals surface area (Å²) >= 11 is 0. The van der Waals surface area contributed by atoms with Gasteiger partial charge in [0.1, 0.15) is 0 Å². The van der Waals surface area contributed by atoms with E-state index in [0.717, 1.165) is 0 Å². The predicted octanol–water partition coefficient (Wildman–Crippen LogP) is 5.03. The third-order valence-electron chi connectivity index (χ3n) is 1.33. The topological polar surface area (TPSA) is 47.6 Å². The standard InChI is InChI=1S/C8H12.2C2H3N.BF4.Rh/c1-2-4-6-8-7-5-3-1;2*1-2-3;2-1(3,4)5;/h1-2,7-8H,3-6H2;2*1H3;;/q;;;-1;+2/b2-1-,8-7-;;;;. The first kappa shape index (κ1) is 27.3. The fourth-order valence-electron chi connectivity index (χ4n) is 0.856. The SMILES string of the molecule is C1=C\CC/C=C\CC/1.CC#N.CC#N.F[B-](F)(F)F.[Rh+2]. The Bertz CT molecular complexity index is 273. The Morgan fingerprint density at radius 1 is 0.750 bits per heavy atom. The first-order valence-electron chi connectivity index (χ1n) is 5.62. The Morgan fingerprint density at radius 2 is 0.850 bits per heavy atom. The van der Waals surface area contributed by atoms with Crippen LogP contribution < -0.4 is 0 Å². The van der Waals surface area contributed by atoms with Crippen LogP contribution in [0.15, 0.2) is 24.3 Å². The molecule has 0 bridgehead atoms. The van der Waals surface area contributed by atoms with Gasteiger partial charge < -0.3 is 17.3 Å². The first-order chi connectivity index (χ1) is 8.83. The molecule has 0 atom stereocenters. The summed E-state index contributed by atoms with van der Waals surface area (Å²) in [6.45, 7) is 2.86. The second-order valence-corrected chi connectivity index (χ2v) is 3.04. The van der Waals surface area contributed by atoms with Crippen molar-refractivity contribution in [3.8, 4) is 12.1 Å². The van der Waals surface area contributed by atoms with E-state index in [9.17, 15) is 17.3 Å². The zero-order chi connectivity index (χ0) is 15.6. The van der Waals surface area contributed by atoms with Gasteiger partial charge in [-0.25, -0.2) is 0 Å². The number of allylic oxidation sites excluding steroid dienone is 4. The number of nitrogens with zero attached hydrogens (tertiary/aromatic N) is 2. The van der Waals surface area contributed by atoms with Crippen molar-refractivity contribution in [2.24, 2.45) is 0 Å². The minimum Gasteiger partial charge on any atom is -0.418 e. The van der Waals surface area contributed by atoms with Crippen LogP contribution in [-0.2, 0) is 19.5 Å². The molecule has 20 heavy (non-hydrogen) atoms. The molecule has 2 nitrogen and oxygen atoms in total. The van der Waals surface area contributed by atoms with Crippen LogP contribution in [0.2, 0.25) is 0 Å². The minimum absolute atomic E-state index is 0. The van der Waals surface area contributed by atoms with Gasteiger partial charge in [-0.2, -0.15) is 10.5 Å². The van der Waals surface area contributed by atoms with Crippen LogP contribution in [0.4, 0.5) is 17.3 Å². The van der Waals surface area contributed by atoms with Crippen LogP contribution in [0.5, 0.6) is 0 Å². The first-order valence-corrected chi connectivity index (χ1v) is 5.62. The monoisotopic (exact) mass is 380 g/mol. The molecule has 0 saturated carbocycles. The van der Waals surface area contributed by atoms with Crippen LogP contribution in [0.25, 0.3) is 0 Å². The zero-order valence-electron chi connectivity index (χ0n) is 11.5. The molecule has 0 spiro atoms. The van der Waals surface area contributed by atoms with Crippen LogP contribution in [0, 0.1) is 22.7 Å². The van der Waals surface area contributed by atoms with E-state index in [4.69, 9.17) is 10.5 Å². The van der Waals surface area contributed by atoms with E-state index >= 15 is 0 Å². The maximum Gasteiger partial charge on any atom is 2.00 e. The smallest absolute Gasteiger partial charge is 0.418 e. The van der Waals surface area contributed by atoms with E-state index in [2.05, 4.69) is 24.3 Å². The molecule has 1 aliphatic rings. The van der Waals surface area contributed by atoms with Crippen molar-refractivity contribution in [3.63, 3.8) is 0 Å². The van der Waals surface area contributed by atoms with Gasteiger partial charge in [0, 0.05) is 13.8 Å². The molecule has 0 saturated heterocycles. The van der Waals surface area contributed by atoms with Gasteiger partial charge in [-0.15, -0.1) is 0 Å². The molecule has 0 amide bonds. The minimum atomic E-state index is -6.00. The van der Waals surface area contributed by atoms with Gasteiger partial charge in [-0.3, -0.25) is 0 Å². The summed E-state index contributed by atoms with van der Waals surface area (Å²) < 4.78 is 39.0. The largest absolute Gasteiger partial charge is 2.00 e. The van der Waals surface area contributed by atoms with Crippen molar-refractivity contribution < 1.29 is 36.7 Å². The Kier molecular flexibility index (Phi) is 31.3. The van der Waals surface area contributed by atoms with Gasteiger partial charge in [0.05, 0.1) is 12.1 Å². The molecule has 0 fully saturated rings. The maximum absolute atomic E-state index is 9.75. The van der Waals surface area contributed by atoms with Crippen LogP contribution in [0.3, 0.4) is 0 Å². The average Bonchev–Trinajstić information content (AvgIpc) is 2.15. The summed E-state index contributed by atoms with van der Waals surface area (Å²) in [6.07, 6.45) is 14.0. The number of nitriles is 2. The number of hydrogen-bond donors (Lipinski definition) is 0. The van der Waals surface area contributed by atoms with Crippen LogP contribution >= 0.6 is 0 Å². The predicted molar refractivity (Wildman–Crippen MR) is 69.5 cm³/mol. The second kappa shape index (κ2) is 23.0. The fraction of sp³-hybridized carbons (Fsp3) is 0.500. The van der Waals surface area contributed by atoms with Crippen molar-refractivity contribution in [2.75, 3.05) is 0 Å². The van der Waals surface area contributed by atoms with Gasteiger partial charge in [0.25, 0.3) is 0 Å².